The third-order valence-corrected chi connectivity index (χ3v) is 3.97. The minimum atomic E-state index is -0.245. The van der Waals surface area contributed by atoms with E-state index in [1.165, 1.54) is 11.3 Å². The predicted octanol–water partition coefficient (Wildman–Crippen LogP) is 2.98. The van der Waals surface area contributed by atoms with Gasteiger partial charge in [0.15, 0.2) is 10.8 Å². The Morgan fingerprint density at radius 3 is 2.82 bits per heavy atom. The molecule has 0 spiro atoms. The van der Waals surface area contributed by atoms with E-state index in [2.05, 4.69) is 20.4 Å². The number of carbonyl (C=O) groups excluding carboxylic acids is 1. The highest BCUT2D eigenvalue weighted by Crippen LogP contribution is 2.24. The van der Waals surface area contributed by atoms with Crippen LogP contribution in [0.2, 0.25) is 0 Å². The van der Waals surface area contributed by atoms with Crippen molar-refractivity contribution >= 4 is 22.4 Å². The van der Waals surface area contributed by atoms with Crippen molar-refractivity contribution in [2.45, 2.75) is 20.4 Å². The molecular weight excluding hydrogens is 298 g/mol. The lowest BCUT2D eigenvalue weighted by atomic mass is 10.2. The maximum Gasteiger partial charge on any atom is 0.277 e. The molecule has 22 heavy (non-hydrogen) atoms. The number of aromatic nitrogens is 4. The first kappa shape index (κ1) is 14.4. The summed E-state index contributed by atoms with van der Waals surface area (Å²) in [4.78, 5) is 20.6. The lowest BCUT2D eigenvalue weighted by Crippen LogP contribution is -2.13. The van der Waals surface area contributed by atoms with E-state index in [4.69, 9.17) is 0 Å². The summed E-state index contributed by atoms with van der Waals surface area (Å²) in [5, 5.41) is 9.51. The number of nitrogens with zero attached hydrogens (tertiary/aromatic N) is 4. The molecule has 3 aromatic rings. The van der Waals surface area contributed by atoms with Crippen LogP contribution in [-0.4, -0.2) is 25.7 Å². The molecule has 0 aromatic carbocycles. The molecule has 0 atom stereocenters. The molecule has 1 amide bonds. The molecule has 6 nitrogen and oxygen atoms in total. The number of carbonyl (C=O) groups is 1. The molecule has 0 unspecified atom stereocenters. The highest BCUT2D eigenvalue weighted by atomic mass is 32.1. The standard InChI is InChI=1S/C15H15N5OS/c1-3-20-10(2)8-12(19-20)14(21)18-15-17-13(9-22-15)11-4-6-16-7-5-11/h4-9H,3H2,1-2H3,(H,17,18,21). The van der Waals surface area contributed by atoms with Gasteiger partial charge >= 0.3 is 0 Å². The van der Waals surface area contributed by atoms with E-state index in [1.807, 2.05) is 31.4 Å². The summed E-state index contributed by atoms with van der Waals surface area (Å²) in [6.45, 7) is 4.66. The first-order chi connectivity index (χ1) is 10.7. The maximum atomic E-state index is 12.2. The van der Waals surface area contributed by atoms with Gasteiger partial charge in [-0.25, -0.2) is 4.98 Å². The van der Waals surface area contributed by atoms with Gasteiger partial charge in [-0.1, -0.05) is 0 Å². The van der Waals surface area contributed by atoms with E-state index < -0.39 is 0 Å². The Hall–Kier alpha value is -2.54. The summed E-state index contributed by atoms with van der Waals surface area (Å²) in [5.41, 5.74) is 3.15. The second-order valence-electron chi connectivity index (χ2n) is 4.71. The van der Waals surface area contributed by atoms with Crippen molar-refractivity contribution in [2.75, 3.05) is 5.32 Å². The van der Waals surface area contributed by atoms with E-state index in [9.17, 15) is 4.79 Å². The van der Waals surface area contributed by atoms with E-state index >= 15 is 0 Å². The minimum Gasteiger partial charge on any atom is -0.296 e. The van der Waals surface area contributed by atoms with Gasteiger partial charge in [0, 0.05) is 35.6 Å². The molecule has 112 valence electrons. The Bertz CT molecular complexity index is 793. The number of thiazole rings is 1. The average molecular weight is 313 g/mol. The Morgan fingerprint density at radius 1 is 1.36 bits per heavy atom. The summed E-state index contributed by atoms with van der Waals surface area (Å²) in [6, 6.07) is 5.54. The topological polar surface area (TPSA) is 72.7 Å². The highest BCUT2D eigenvalue weighted by molar-refractivity contribution is 7.14. The number of nitrogens with one attached hydrogen (secondary N) is 1. The number of amides is 1. The van der Waals surface area contributed by atoms with E-state index in [0.717, 1.165) is 23.5 Å². The third-order valence-electron chi connectivity index (χ3n) is 3.21. The molecule has 0 bridgehead atoms. The summed E-state index contributed by atoms with van der Waals surface area (Å²) < 4.78 is 1.79. The maximum absolute atomic E-state index is 12.2. The molecule has 0 aliphatic carbocycles. The van der Waals surface area contributed by atoms with Crippen LogP contribution in [0.15, 0.2) is 36.0 Å². The van der Waals surface area contributed by atoms with Crippen molar-refractivity contribution in [1.29, 1.82) is 0 Å². The molecular formula is C15H15N5OS. The summed E-state index contributed by atoms with van der Waals surface area (Å²) in [7, 11) is 0. The van der Waals surface area contributed by atoms with Crippen molar-refractivity contribution in [3.63, 3.8) is 0 Å². The zero-order valence-electron chi connectivity index (χ0n) is 12.3. The van der Waals surface area contributed by atoms with Crippen LogP contribution in [0.5, 0.6) is 0 Å². The summed E-state index contributed by atoms with van der Waals surface area (Å²) in [6.07, 6.45) is 3.43. The first-order valence-electron chi connectivity index (χ1n) is 6.89. The van der Waals surface area contributed by atoms with Gasteiger partial charge in [0.25, 0.3) is 5.91 Å². The molecule has 0 fully saturated rings. The molecule has 0 aliphatic rings. The Kier molecular flexibility index (Phi) is 3.97. The quantitative estimate of drug-likeness (QED) is 0.803. The van der Waals surface area contributed by atoms with Crippen LogP contribution >= 0.6 is 11.3 Å². The van der Waals surface area contributed by atoms with Crippen LogP contribution in [0.1, 0.15) is 23.1 Å². The lowest BCUT2D eigenvalue weighted by molar-refractivity contribution is 0.102. The SMILES string of the molecule is CCn1nc(C(=O)Nc2nc(-c3ccncc3)cs2)cc1C. The molecule has 1 N–H and O–H groups in total. The van der Waals surface area contributed by atoms with Crippen LogP contribution in [0.25, 0.3) is 11.3 Å². The first-order valence-corrected chi connectivity index (χ1v) is 7.77. The second-order valence-corrected chi connectivity index (χ2v) is 5.57. The van der Waals surface area contributed by atoms with Gasteiger partial charge in [-0.3, -0.25) is 19.8 Å². The lowest BCUT2D eigenvalue weighted by Gasteiger charge is -1.98. The highest BCUT2D eigenvalue weighted by Gasteiger charge is 2.14. The Morgan fingerprint density at radius 2 is 2.14 bits per heavy atom. The smallest absolute Gasteiger partial charge is 0.277 e. The van der Waals surface area contributed by atoms with E-state index in [1.54, 1.807) is 23.1 Å². The number of anilines is 1. The number of rotatable bonds is 4. The second kappa shape index (κ2) is 6.07. The van der Waals surface area contributed by atoms with Crippen molar-refractivity contribution in [1.82, 2.24) is 19.7 Å². The van der Waals surface area contributed by atoms with Crippen LogP contribution in [0.4, 0.5) is 5.13 Å². The molecule has 3 aromatic heterocycles. The minimum absolute atomic E-state index is 0.245. The van der Waals surface area contributed by atoms with Gasteiger partial charge in [0.05, 0.1) is 5.69 Å². The van der Waals surface area contributed by atoms with Gasteiger partial charge in [0.1, 0.15) is 0 Å². The van der Waals surface area contributed by atoms with Crippen molar-refractivity contribution in [3.05, 3.63) is 47.4 Å². The molecule has 0 aliphatic heterocycles. The van der Waals surface area contributed by atoms with Gasteiger partial charge in [-0.2, -0.15) is 5.10 Å². The number of hydrogen-bond donors (Lipinski definition) is 1. The van der Waals surface area contributed by atoms with Gasteiger partial charge in [-0.05, 0) is 32.0 Å². The largest absolute Gasteiger partial charge is 0.296 e. The van der Waals surface area contributed by atoms with Gasteiger partial charge in [0.2, 0.25) is 0 Å². The number of hydrogen-bond acceptors (Lipinski definition) is 5. The fraction of sp³-hybridized carbons (Fsp3) is 0.200. The molecule has 3 heterocycles. The van der Waals surface area contributed by atoms with Crippen LogP contribution in [0, 0.1) is 6.92 Å². The normalized spacial score (nSPS) is 10.6. The predicted molar refractivity (Wildman–Crippen MR) is 85.9 cm³/mol. The van der Waals surface area contributed by atoms with Crippen LogP contribution in [0.3, 0.4) is 0 Å². The van der Waals surface area contributed by atoms with Crippen molar-refractivity contribution < 1.29 is 4.79 Å². The molecule has 7 heteroatoms. The third kappa shape index (κ3) is 2.89. The zero-order chi connectivity index (χ0) is 15.5. The van der Waals surface area contributed by atoms with Crippen LogP contribution in [-0.2, 0) is 6.54 Å². The van der Waals surface area contributed by atoms with Gasteiger partial charge < -0.3 is 0 Å². The van der Waals surface area contributed by atoms with Crippen LogP contribution < -0.4 is 5.32 Å². The fourth-order valence-electron chi connectivity index (χ4n) is 2.09. The van der Waals surface area contributed by atoms with Crippen molar-refractivity contribution in [3.8, 4) is 11.3 Å². The molecule has 0 saturated carbocycles. The van der Waals surface area contributed by atoms with E-state index in [0.29, 0.717) is 10.8 Å². The Labute approximate surface area is 131 Å². The summed E-state index contributed by atoms with van der Waals surface area (Å²) in [5.74, 6) is -0.245. The van der Waals surface area contributed by atoms with Crippen molar-refractivity contribution in [2.24, 2.45) is 0 Å². The van der Waals surface area contributed by atoms with Gasteiger partial charge in [-0.15, -0.1) is 11.3 Å². The fourth-order valence-corrected chi connectivity index (χ4v) is 2.80. The molecule has 0 saturated heterocycles. The number of pyridine rings is 1. The molecule has 0 radical (unpaired) electrons. The van der Waals surface area contributed by atoms with E-state index in [-0.39, 0.29) is 5.91 Å². The Balaban J connectivity index is 1.76. The monoisotopic (exact) mass is 313 g/mol. The molecule has 3 rings (SSSR count). The average Bonchev–Trinajstić information content (AvgIpc) is 3.14. The number of aryl methyl sites for hydroxylation is 2. The summed E-state index contributed by atoms with van der Waals surface area (Å²) >= 11 is 1.39. The zero-order valence-corrected chi connectivity index (χ0v) is 13.1.